The molecule has 0 bridgehead atoms. The van der Waals surface area contributed by atoms with E-state index in [1.165, 1.54) is 19.6 Å². The molecule has 0 heterocycles. The van der Waals surface area contributed by atoms with Gasteiger partial charge in [0.15, 0.2) is 5.12 Å². The van der Waals surface area contributed by atoms with Crippen molar-refractivity contribution < 1.29 is 19.1 Å². The fourth-order valence-electron chi connectivity index (χ4n) is 4.57. The van der Waals surface area contributed by atoms with Gasteiger partial charge in [-0.15, -0.1) is 0 Å². The average Bonchev–Trinajstić information content (AvgIpc) is 3.26. The number of anilines is 1. The summed E-state index contributed by atoms with van der Waals surface area (Å²) in [6.07, 6.45) is 1.99. The number of hydrogen-bond acceptors (Lipinski definition) is 5. The highest BCUT2D eigenvalue weighted by molar-refractivity contribution is 8.13. The third-order valence-electron chi connectivity index (χ3n) is 6.36. The number of fused-ring (bicyclic) bond motifs is 3. The molecule has 35 heavy (non-hydrogen) atoms. The van der Waals surface area contributed by atoms with Crippen LogP contribution < -0.4 is 4.90 Å². The fraction of sp³-hybridized carbons (Fsp3) is 0.276. The van der Waals surface area contributed by atoms with Gasteiger partial charge in [0.25, 0.3) is 0 Å². The Kier molecular flexibility index (Phi) is 8.03. The third kappa shape index (κ3) is 5.82. The molecule has 4 rings (SSSR count). The molecule has 6 heteroatoms. The van der Waals surface area contributed by atoms with Crippen LogP contribution in [0.2, 0.25) is 0 Å². The molecule has 1 atom stereocenters. The standard InChI is InChI=1S/C29H29NO4S/c1-20(31)35-19-23(16-15-21-9-4-3-5-10-21)29(33)30(18-28(32)34-2)27-14-8-13-25-24-12-7-6-11-22(24)17-26(25)27/h3-14,23H,15-19H2,1-2H3. The van der Waals surface area contributed by atoms with E-state index in [0.717, 1.165) is 39.7 Å². The quantitative estimate of drug-likeness (QED) is 0.300. The summed E-state index contributed by atoms with van der Waals surface area (Å²) in [7, 11) is 1.33. The molecule has 1 unspecified atom stereocenters. The lowest BCUT2D eigenvalue weighted by molar-refractivity contribution is -0.140. The number of nitrogens with zero attached hydrogens (tertiary/aromatic N) is 1. The maximum absolute atomic E-state index is 14.0. The van der Waals surface area contributed by atoms with Crippen LogP contribution >= 0.6 is 11.8 Å². The van der Waals surface area contributed by atoms with E-state index in [-0.39, 0.29) is 17.6 Å². The van der Waals surface area contributed by atoms with Gasteiger partial charge in [0.2, 0.25) is 5.91 Å². The van der Waals surface area contributed by atoms with Crippen molar-refractivity contribution in [3.63, 3.8) is 0 Å². The molecule has 0 fully saturated rings. The lowest BCUT2D eigenvalue weighted by Gasteiger charge is -2.28. The van der Waals surface area contributed by atoms with Crippen molar-refractivity contribution in [2.24, 2.45) is 5.92 Å². The summed E-state index contributed by atoms with van der Waals surface area (Å²) in [6, 6.07) is 24.1. The number of methoxy groups -OCH3 is 1. The van der Waals surface area contributed by atoms with Crippen molar-refractivity contribution >= 4 is 34.4 Å². The number of carbonyl (C=O) groups is 3. The van der Waals surface area contributed by atoms with Crippen LogP contribution in [0.25, 0.3) is 11.1 Å². The molecule has 1 aliphatic rings. The number of carbonyl (C=O) groups excluding carboxylic acids is 3. The second-order valence-electron chi connectivity index (χ2n) is 8.66. The first-order valence-electron chi connectivity index (χ1n) is 11.7. The van der Waals surface area contributed by atoms with Crippen LogP contribution in [0.3, 0.4) is 0 Å². The van der Waals surface area contributed by atoms with Gasteiger partial charge in [-0.2, -0.15) is 0 Å². The summed E-state index contributed by atoms with van der Waals surface area (Å²) < 4.78 is 4.95. The Morgan fingerprint density at radius 2 is 1.66 bits per heavy atom. The van der Waals surface area contributed by atoms with Crippen LogP contribution in [0.1, 0.15) is 30.0 Å². The molecule has 0 aliphatic heterocycles. The molecule has 0 saturated heterocycles. The first-order valence-corrected chi connectivity index (χ1v) is 12.7. The molecule has 5 nitrogen and oxygen atoms in total. The van der Waals surface area contributed by atoms with Gasteiger partial charge in [0.1, 0.15) is 6.54 Å². The Hall–Kier alpha value is -3.38. The predicted octanol–water partition coefficient (Wildman–Crippen LogP) is 5.29. The van der Waals surface area contributed by atoms with E-state index in [4.69, 9.17) is 4.74 Å². The van der Waals surface area contributed by atoms with Gasteiger partial charge in [-0.3, -0.25) is 14.4 Å². The molecule has 1 amide bonds. The number of esters is 1. The summed E-state index contributed by atoms with van der Waals surface area (Å²) in [5.41, 5.74) is 6.34. The maximum Gasteiger partial charge on any atom is 0.325 e. The second-order valence-corrected chi connectivity index (χ2v) is 9.86. The molecule has 180 valence electrons. The van der Waals surface area contributed by atoms with Gasteiger partial charge < -0.3 is 9.64 Å². The largest absolute Gasteiger partial charge is 0.468 e. The number of amides is 1. The average molecular weight is 488 g/mol. The molecule has 0 saturated carbocycles. The van der Waals surface area contributed by atoms with Crippen molar-refractivity contribution in [2.75, 3.05) is 24.3 Å². The first-order chi connectivity index (χ1) is 17.0. The summed E-state index contributed by atoms with van der Waals surface area (Å²) >= 11 is 1.15. The van der Waals surface area contributed by atoms with Crippen LogP contribution in [-0.4, -0.2) is 36.4 Å². The fourth-order valence-corrected chi connectivity index (χ4v) is 5.32. The second kappa shape index (κ2) is 11.4. The van der Waals surface area contributed by atoms with Crippen molar-refractivity contribution in [1.29, 1.82) is 0 Å². The van der Waals surface area contributed by atoms with Crippen LogP contribution in [0, 0.1) is 5.92 Å². The zero-order valence-corrected chi connectivity index (χ0v) is 20.8. The normalized spacial score (nSPS) is 12.4. The number of rotatable bonds is 9. The number of benzene rings is 3. The van der Waals surface area contributed by atoms with Gasteiger partial charge >= 0.3 is 5.97 Å². The van der Waals surface area contributed by atoms with E-state index < -0.39 is 11.9 Å². The zero-order chi connectivity index (χ0) is 24.8. The van der Waals surface area contributed by atoms with Crippen molar-refractivity contribution in [3.05, 3.63) is 89.5 Å². The van der Waals surface area contributed by atoms with Crippen LogP contribution in [0.4, 0.5) is 5.69 Å². The number of thioether (sulfide) groups is 1. The van der Waals surface area contributed by atoms with Crippen LogP contribution in [-0.2, 0) is 32.0 Å². The zero-order valence-electron chi connectivity index (χ0n) is 20.0. The Balaban J connectivity index is 1.67. The lowest BCUT2D eigenvalue weighted by Crippen LogP contribution is -2.41. The molecule has 0 aromatic heterocycles. The predicted molar refractivity (Wildman–Crippen MR) is 140 cm³/mol. The Labute approximate surface area is 210 Å². The minimum Gasteiger partial charge on any atom is -0.468 e. The summed E-state index contributed by atoms with van der Waals surface area (Å²) in [5, 5.41) is -0.0296. The van der Waals surface area contributed by atoms with Crippen molar-refractivity contribution in [1.82, 2.24) is 0 Å². The Bertz CT molecular complexity index is 1220. The minimum absolute atomic E-state index is 0.0296. The Morgan fingerprint density at radius 1 is 0.943 bits per heavy atom. The molecule has 0 radical (unpaired) electrons. The smallest absolute Gasteiger partial charge is 0.325 e. The van der Waals surface area contributed by atoms with Crippen molar-refractivity contribution in [3.8, 4) is 11.1 Å². The third-order valence-corrected chi connectivity index (χ3v) is 7.33. The van der Waals surface area contributed by atoms with E-state index >= 15 is 0 Å². The lowest BCUT2D eigenvalue weighted by atomic mass is 9.98. The van der Waals surface area contributed by atoms with Crippen LogP contribution in [0.15, 0.2) is 72.8 Å². The molecule has 0 spiro atoms. The molecular formula is C29H29NO4S. The van der Waals surface area contributed by atoms with Crippen molar-refractivity contribution in [2.45, 2.75) is 26.2 Å². The summed E-state index contributed by atoms with van der Waals surface area (Å²) in [4.78, 5) is 39.7. The molecule has 3 aromatic rings. The van der Waals surface area contributed by atoms with E-state index in [2.05, 4.69) is 18.2 Å². The molecule has 1 aliphatic carbocycles. The molecular weight excluding hydrogens is 458 g/mol. The first kappa shape index (κ1) is 24.7. The number of ether oxygens (including phenoxy) is 1. The highest BCUT2D eigenvalue weighted by atomic mass is 32.2. The summed E-state index contributed by atoms with van der Waals surface area (Å²) in [6.45, 7) is 1.34. The van der Waals surface area contributed by atoms with E-state index in [1.54, 1.807) is 4.90 Å². The Morgan fingerprint density at radius 3 is 2.40 bits per heavy atom. The SMILES string of the molecule is COC(=O)CN(C(=O)C(CCc1ccccc1)CSC(C)=O)c1cccc2c1Cc1ccccc1-2. The maximum atomic E-state index is 14.0. The topological polar surface area (TPSA) is 63.7 Å². The van der Waals surface area contributed by atoms with Gasteiger partial charge in [0, 0.05) is 30.7 Å². The minimum atomic E-state index is -0.479. The highest BCUT2D eigenvalue weighted by Crippen LogP contribution is 2.41. The van der Waals surface area contributed by atoms with E-state index in [0.29, 0.717) is 25.0 Å². The van der Waals surface area contributed by atoms with Crippen LogP contribution in [0.5, 0.6) is 0 Å². The van der Waals surface area contributed by atoms with Gasteiger partial charge in [-0.05, 0) is 46.7 Å². The monoisotopic (exact) mass is 487 g/mol. The van der Waals surface area contributed by atoms with E-state index in [9.17, 15) is 14.4 Å². The van der Waals surface area contributed by atoms with E-state index in [1.807, 2.05) is 54.6 Å². The van der Waals surface area contributed by atoms with Gasteiger partial charge in [-0.1, -0.05) is 78.5 Å². The molecule has 0 N–H and O–H groups in total. The highest BCUT2D eigenvalue weighted by Gasteiger charge is 2.31. The summed E-state index contributed by atoms with van der Waals surface area (Å²) in [5.74, 6) is -0.696. The van der Waals surface area contributed by atoms with Gasteiger partial charge in [0.05, 0.1) is 7.11 Å². The number of hydrogen-bond donors (Lipinski definition) is 0. The number of aryl methyl sites for hydroxylation is 1. The molecule has 3 aromatic carbocycles. The van der Waals surface area contributed by atoms with Gasteiger partial charge in [-0.25, -0.2) is 0 Å².